The molecule has 0 aliphatic carbocycles. The standard InChI is InChI=1S/C38H35Cl2N3O5S/c1-27-13-20-33(21-14-27)49(46,47)43(30-16-18-32(19-17-30)48-31-11-7-4-8-12-31)26-37(44)42(25-29-15-22-34(39)35(40)23-29)36(38(45)41-2)24-28-9-5-3-6-10-28/h3-23,36H,24-26H2,1-2H3,(H,41,45)/t36-/m0/s1. The van der Waals surface area contributed by atoms with Crippen molar-refractivity contribution < 1.29 is 22.7 Å². The Morgan fingerprint density at radius 2 is 1.37 bits per heavy atom. The van der Waals surface area contributed by atoms with Gasteiger partial charge in [0.05, 0.1) is 20.6 Å². The molecule has 0 heterocycles. The van der Waals surface area contributed by atoms with Gasteiger partial charge < -0.3 is 15.0 Å². The molecule has 0 saturated heterocycles. The predicted octanol–water partition coefficient (Wildman–Crippen LogP) is 7.68. The van der Waals surface area contributed by atoms with E-state index in [-0.39, 0.29) is 28.6 Å². The van der Waals surface area contributed by atoms with Gasteiger partial charge in [-0.15, -0.1) is 0 Å². The summed E-state index contributed by atoms with van der Waals surface area (Å²) in [6, 6.07) is 35.3. The average Bonchev–Trinajstić information content (AvgIpc) is 3.11. The first-order valence-electron chi connectivity index (χ1n) is 15.5. The fourth-order valence-electron chi connectivity index (χ4n) is 5.23. The summed E-state index contributed by atoms with van der Waals surface area (Å²) < 4.78 is 35.5. The van der Waals surface area contributed by atoms with Crippen LogP contribution in [-0.2, 0) is 32.6 Å². The molecule has 2 amide bonds. The van der Waals surface area contributed by atoms with Gasteiger partial charge in [-0.3, -0.25) is 13.9 Å². The van der Waals surface area contributed by atoms with Crippen molar-refractivity contribution >= 4 is 50.7 Å². The second-order valence-corrected chi connectivity index (χ2v) is 14.0. The molecule has 0 aliphatic rings. The molecule has 11 heteroatoms. The normalized spacial score (nSPS) is 11.8. The SMILES string of the molecule is CNC(=O)[C@H](Cc1ccccc1)N(Cc1ccc(Cl)c(Cl)c1)C(=O)CN(c1ccc(Oc2ccccc2)cc1)S(=O)(=O)c1ccc(C)cc1. The molecule has 49 heavy (non-hydrogen) atoms. The fourth-order valence-corrected chi connectivity index (χ4v) is 6.96. The van der Waals surface area contributed by atoms with E-state index in [1.807, 2.05) is 67.6 Å². The highest BCUT2D eigenvalue weighted by Gasteiger charge is 2.34. The molecule has 8 nitrogen and oxygen atoms in total. The fraction of sp³-hybridized carbons (Fsp3) is 0.158. The van der Waals surface area contributed by atoms with Crippen molar-refractivity contribution in [2.45, 2.75) is 30.8 Å². The third kappa shape index (κ3) is 9.00. The van der Waals surface area contributed by atoms with Crippen LogP contribution in [0.2, 0.25) is 10.0 Å². The first kappa shape index (κ1) is 35.5. The lowest BCUT2D eigenvalue weighted by Crippen LogP contribution is -2.53. The van der Waals surface area contributed by atoms with Crippen molar-refractivity contribution in [2.75, 3.05) is 17.9 Å². The minimum Gasteiger partial charge on any atom is -0.457 e. The smallest absolute Gasteiger partial charge is 0.264 e. The van der Waals surface area contributed by atoms with Gasteiger partial charge in [0, 0.05) is 20.0 Å². The number of sulfonamides is 1. The molecule has 1 N–H and O–H groups in total. The topological polar surface area (TPSA) is 96.0 Å². The molecule has 5 rings (SSSR count). The molecule has 0 unspecified atom stereocenters. The molecular formula is C38H35Cl2N3O5S. The van der Waals surface area contributed by atoms with E-state index in [4.69, 9.17) is 27.9 Å². The Morgan fingerprint density at radius 3 is 1.98 bits per heavy atom. The van der Waals surface area contributed by atoms with Crippen LogP contribution in [0.5, 0.6) is 11.5 Å². The average molecular weight is 717 g/mol. The number of para-hydroxylation sites is 1. The number of ether oxygens (including phenoxy) is 1. The van der Waals surface area contributed by atoms with E-state index in [1.54, 1.807) is 54.6 Å². The second kappa shape index (κ2) is 16.0. The summed E-state index contributed by atoms with van der Waals surface area (Å²) in [6.45, 7) is 1.22. The summed E-state index contributed by atoms with van der Waals surface area (Å²) in [6.07, 6.45) is 0.184. The van der Waals surface area contributed by atoms with Crippen molar-refractivity contribution in [2.24, 2.45) is 0 Å². The number of benzene rings is 5. The molecule has 0 aromatic heterocycles. The first-order chi connectivity index (χ1) is 23.5. The number of hydrogen-bond acceptors (Lipinski definition) is 5. The maximum Gasteiger partial charge on any atom is 0.264 e. The molecule has 0 spiro atoms. The van der Waals surface area contributed by atoms with Crippen molar-refractivity contribution in [3.8, 4) is 11.5 Å². The predicted molar refractivity (Wildman–Crippen MR) is 194 cm³/mol. The number of halogens is 2. The van der Waals surface area contributed by atoms with Gasteiger partial charge in [-0.25, -0.2) is 8.42 Å². The number of aryl methyl sites for hydroxylation is 1. The van der Waals surface area contributed by atoms with E-state index in [0.717, 1.165) is 15.4 Å². The van der Waals surface area contributed by atoms with Crippen molar-refractivity contribution in [1.82, 2.24) is 10.2 Å². The highest BCUT2D eigenvalue weighted by molar-refractivity contribution is 7.92. The zero-order chi connectivity index (χ0) is 35.0. The third-order valence-corrected chi connectivity index (χ3v) is 10.4. The minimum atomic E-state index is -4.26. The lowest BCUT2D eigenvalue weighted by Gasteiger charge is -2.33. The van der Waals surface area contributed by atoms with Gasteiger partial charge in [-0.05, 0) is 78.7 Å². The van der Waals surface area contributed by atoms with Crippen molar-refractivity contribution in [1.29, 1.82) is 0 Å². The Hall–Kier alpha value is -4.83. The van der Waals surface area contributed by atoms with Crippen LogP contribution in [0.25, 0.3) is 0 Å². The summed E-state index contributed by atoms with van der Waals surface area (Å²) >= 11 is 12.5. The van der Waals surface area contributed by atoms with Gasteiger partial charge in [0.2, 0.25) is 11.8 Å². The highest BCUT2D eigenvalue weighted by atomic mass is 35.5. The Kier molecular flexibility index (Phi) is 11.6. The summed E-state index contributed by atoms with van der Waals surface area (Å²) in [5, 5.41) is 3.30. The first-order valence-corrected chi connectivity index (χ1v) is 17.7. The van der Waals surface area contributed by atoms with E-state index in [1.165, 1.54) is 24.1 Å². The lowest BCUT2D eigenvalue weighted by molar-refractivity contribution is -0.139. The molecule has 0 aliphatic heterocycles. The van der Waals surface area contributed by atoms with Gasteiger partial charge in [0.25, 0.3) is 10.0 Å². The molecule has 5 aromatic rings. The molecule has 1 atom stereocenters. The zero-order valence-electron chi connectivity index (χ0n) is 26.9. The Bertz CT molecular complexity index is 1990. The van der Waals surface area contributed by atoms with Crippen LogP contribution >= 0.6 is 23.2 Å². The Balaban J connectivity index is 1.55. The Morgan fingerprint density at radius 1 is 0.755 bits per heavy atom. The molecule has 5 aromatic carbocycles. The van der Waals surface area contributed by atoms with E-state index >= 15 is 0 Å². The van der Waals surface area contributed by atoms with Gasteiger partial charge >= 0.3 is 0 Å². The monoisotopic (exact) mass is 715 g/mol. The van der Waals surface area contributed by atoms with Gasteiger partial charge in [0.15, 0.2) is 0 Å². The highest BCUT2D eigenvalue weighted by Crippen LogP contribution is 2.30. The van der Waals surface area contributed by atoms with Crippen LogP contribution < -0.4 is 14.4 Å². The summed E-state index contributed by atoms with van der Waals surface area (Å²) in [5.74, 6) is 0.0902. The van der Waals surface area contributed by atoms with E-state index in [9.17, 15) is 18.0 Å². The van der Waals surface area contributed by atoms with E-state index in [0.29, 0.717) is 22.1 Å². The van der Waals surface area contributed by atoms with Crippen LogP contribution in [0.4, 0.5) is 5.69 Å². The maximum atomic E-state index is 14.5. The van der Waals surface area contributed by atoms with Crippen molar-refractivity contribution in [3.05, 3.63) is 154 Å². The van der Waals surface area contributed by atoms with Crippen LogP contribution in [0.1, 0.15) is 16.7 Å². The van der Waals surface area contributed by atoms with Crippen LogP contribution in [0.15, 0.2) is 132 Å². The number of amides is 2. The van der Waals surface area contributed by atoms with Crippen LogP contribution in [-0.4, -0.2) is 44.8 Å². The van der Waals surface area contributed by atoms with Crippen LogP contribution in [0.3, 0.4) is 0 Å². The molecule has 0 fully saturated rings. The number of likely N-dealkylation sites (N-methyl/N-ethyl adjacent to an activating group) is 1. The second-order valence-electron chi connectivity index (χ2n) is 11.3. The number of rotatable bonds is 13. The van der Waals surface area contributed by atoms with Gasteiger partial charge in [-0.1, -0.05) is 95.5 Å². The van der Waals surface area contributed by atoms with Crippen LogP contribution in [0, 0.1) is 6.92 Å². The molecule has 0 saturated carbocycles. The molecule has 252 valence electrons. The Labute approximate surface area is 296 Å². The maximum absolute atomic E-state index is 14.5. The summed E-state index contributed by atoms with van der Waals surface area (Å²) in [4.78, 5) is 29.4. The number of nitrogens with zero attached hydrogens (tertiary/aromatic N) is 2. The van der Waals surface area contributed by atoms with Gasteiger partial charge in [0.1, 0.15) is 24.1 Å². The number of anilines is 1. The molecule has 0 bridgehead atoms. The lowest BCUT2D eigenvalue weighted by atomic mass is 10.0. The molecule has 0 radical (unpaired) electrons. The number of carbonyl (C=O) groups is 2. The number of hydrogen-bond donors (Lipinski definition) is 1. The zero-order valence-corrected chi connectivity index (χ0v) is 29.3. The minimum absolute atomic E-state index is 0.0127. The molecular weight excluding hydrogens is 681 g/mol. The number of nitrogens with one attached hydrogen (secondary N) is 1. The summed E-state index contributed by atoms with van der Waals surface area (Å²) in [5.41, 5.74) is 2.55. The quantitative estimate of drug-likeness (QED) is 0.135. The largest absolute Gasteiger partial charge is 0.457 e. The van der Waals surface area contributed by atoms with E-state index < -0.39 is 34.4 Å². The number of carbonyl (C=O) groups excluding carboxylic acids is 2. The van der Waals surface area contributed by atoms with E-state index in [2.05, 4.69) is 5.32 Å². The summed E-state index contributed by atoms with van der Waals surface area (Å²) in [7, 11) is -2.77. The third-order valence-electron chi connectivity index (χ3n) is 7.85. The van der Waals surface area contributed by atoms with Gasteiger partial charge in [-0.2, -0.15) is 0 Å². The van der Waals surface area contributed by atoms with Crippen molar-refractivity contribution in [3.63, 3.8) is 0 Å².